The molecule has 0 radical (unpaired) electrons. The molecule has 5 heteroatoms. The molecule has 0 fully saturated rings. The van der Waals surface area contributed by atoms with Gasteiger partial charge in [-0.2, -0.15) is 0 Å². The Morgan fingerprint density at radius 2 is 1.48 bits per heavy atom. The maximum absolute atomic E-state index is 13.0. The van der Waals surface area contributed by atoms with Crippen LogP contribution < -0.4 is 4.74 Å². The number of hydrogen-bond acceptors (Lipinski definition) is 3. The first kappa shape index (κ1) is 19.9. The molecule has 1 aliphatic rings. The molecule has 0 saturated heterocycles. The summed E-state index contributed by atoms with van der Waals surface area (Å²) < 4.78 is 12.7. The van der Waals surface area contributed by atoms with E-state index in [9.17, 15) is 4.79 Å². The van der Waals surface area contributed by atoms with Crippen LogP contribution in [0.25, 0.3) is 0 Å². The largest absolute Gasteiger partial charge is 0.644 e. The van der Waals surface area contributed by atoms with Gasteiger partial charge in [0.2, 0.25) is 0 Å². The first-order valence-corrected chi connectivity index (χ1v) is 10.7. The fourth-order valence-corrected chi connectivity index (χ4v) is 4.55. The van der Waals surface area contributed by atoms with Gasteiger partial charge in [-0.25, -0.2) is 0 Å². The van der Waals surface area contributed by atoms with E-state index in [4.69, 9.17) is 9.26 Å². The summed E-state index contributed by atoms with van der Waals surface area (Å²) in [5, 5.41) is 0. The molecule has 1 heterocycles. The van der Waals surface area contributed by atoms with Crippen molar-refractivity contribution in [2.45, 2.75) is 26.7 Å². The van der Waals surface area contributed by atoms with Crippen LogP contribution in [-0.2, 0) is 9.32 Å². The van der Waals surface area contributed by atoms with Crippen LogP contribution in [-0.4, -0.2) is 42.8 Å². The summed E-state index contributed by atoms with van der Waals surface area (Å²) in [6.07, 6.45) is 0.855. The van der Waals surface area contributed by atoms with Crippen molar-refractivity contribution in [3.05, 3.63) is 59.7 Å². The second kappa shape index (κ2) is 8.86. The molecule has 0 amide bonds. The van der Waals surface area contributed by atoms with Gasteiger partial charge < -0.3 is 22.6 Å². The molecular formula is C22H28NO3P. The molecular weight excluding hydrogens is 357 g/mol. The van der Waals surface area contributed by atoms with Crippen LogP contribution in [0, 0.1) is 0 Å². The van der Waals surface area contributed by atoms with Gasteiger partial charge in [0.15, 0.2) is 0 Å². The van der Waals surface area contributed by atoms with Gasteiger partial charge in [-0.05, 0) is 32.9 Å². The Morgan fingerprint density at radius 3 is 2.00 bits per heavy atom. The van der Waals surface area contributed by atoms with E-state index >= 15 is 0 Å². The molecule has 2 aromatic carbocycles. The van der Waals surface area contributed by atoms with Crippen LogP contribution >= 0.6 is 8.81 Å². The highest BCUT2D eigenvalue weighted by Crippen LogP contribution is 2.45. The average Bonchev–Trinajstić information content (AvgIpc) is 2.72. The van der Waals surface area contributed by atoms with Gasteiger partial charge in [0.1, 0.15) is 17.4 Å². The third kappa shape index (κ3) is 4.17. The first-order valence-electron chi connectivity index (χ1n) is 9.72. The summed E-state index contributed by atoms with van der Waals surface area (Å²) >= 11 is 0. The van der Waals surface area contributed by atoms with E-state index in [1.165, 1.54) is 0 Å². The van der Waals surface area contributed by atoms with Crippen molar-refractivity contribution in [3.63, 3.8) is 0 Å². The Kier molecular flexibility index (Phi) is 6.51. The lowest BCUT2D eigenvalue weighted by Gasteiger charge is -2.38. The number of nitrogens with zero attached hydrogens (tertiary/aromatic N) is 1. The van der Waals surface area contributed by atoms with E-state index in [-0.39, 0.29) is 5.97 Å². The number of hydrogen-bond donors (Lipinski definition) is 0. The number of fused-ring (bicyclic) bond motifs is 2. The van der Waals surface area contributed by atoms with Crippen molar-refractivity contribution in [1.82, 2.24) is 0 Å². The SMILES string of the molecule is CC[N+](CC)(CC)CC[P-]OC(=O)C1c2ccccc2Oc2ccccc21. The molecule has 0 aromatic heterocycles. The molecule has 0 spiro atoms. The lowest BCUT2D eigenvalue weighted by atomic mass is 9.88. The van der Waals surface area contributed by atoms with Gasteiger partial charge in [0, 0.05) is 11.1 Å². The molecule has 4 nitrogen and oxygen atoms in total. The number of carbonyl (C=O) groups excluding carboxylic acids is 1. The van der Waals surface area contributed by atoms with Crippen molar-refractivity contribution in [1.29, 1.82) is 0 Å². The third-order valence-electron chi connectivity index (χ3n) is 5.75. The van der Waals surface area contributed by atoms with Gasteiger partial charge >= 0.3 is 0 Å². The monoisotopic (exact) mass is 385 g/mol. The highest BCUT2D eigenvalue weighted by molar-refractivity contribution is 7.32. The van der Waals surface area contributed by atoms with Crippen LogP contribution in [0.1, 0.15) is 37.8 Å². The minimum Gasteiger partial charge on any atom is -0.644 e. The average molecular weight is 385 g/mol. The Hall–Kier alpha value is -1.90. The molecule has 27 heavy (non-hydrogen) atoms. The molecule has 1 aliphatic heterocycles. The van der Waals surface area contributed by atoms with Gasteiger partial charge in [-0.15, -0.1) is 0 Å². The van der Waals surface area contributed by atoms with E-state index in [0.717, 1.165) is 68.3 Å². The minimum absolute atomic E-state index is 0.206. The van der Waals surface area contributed by atoms with E-state index in [1.54, 1.807) is 0 Å². The molecule has 2 aromatic rings. The topological polar surface area (TPSA) is 35.5 Å². The predicted molar refractivity (Wildman–Crippen MR) is 109 cm³/mol. The smallest absolute Gasteiger partial charge is 0.286 e. The van der Waals surface area contributed by atoms with Gasteiger partial charge in [0.25, 0.3) is 5.97 Å². The second-order valence-corrected chi connectivity index (χ2v) is 7.78. The summed E-state index contributed by atoms with van der Waals surface area (Å²) in [7, 11) is 0.730. The predicted octanol–water partition coefficient (Wildman–Crippen LogP) is 5.21. The normalized spacial score (nSPS) is 13.9. The Bertz CT molecular complexity index is 735. The van der Waals surface area contributed by atoms with Crippen molar-refractivity contribution < 1.29 is 18.5 Å². The van der Waals surface area contributed by atoms with Gasteiger partial charge in [-0.3, -0.25) is 4.79 Å². The lowest BCUT2D eigenvalue weighted by molar-refractivity contribution is -0.921. The summed E-state index contributed by atoms with van der Waals surface area (Å²) in [5.74, 6) is 0.825. The maximum Gasteiger partial charge on any atom is 0.286 e. The lowest BCUT2D eigenvalue weighted by Crippen LogP contribution is -2.48. The van der Waals surface area contributed by atoms with E-state index < -0.39 is 5.92 Å². The maximum atomic E-state index is 13.0. The van der Waals surface area contributed by atoms with Crippen LogP contribution in [0.5, 0.6) is 11.5 Å². The summed E-state index contributed by atoms with van der Waals surface area (Å²) in [5.41, 5.74) is 1.74. The van der Waals surface area contributed by atoms with Crippen LogP contribution in [0.3, 0.4) is 0 Å². The van der Waals surface area contributed by atoms with E-state index in [0.29, 0.717) is 0 Å². The zero-order valence-electron chi connectivity index (χ0n) is 16.4. The Morgan fingerprint density at radius 1 is 0.963 bits per heavy atom. The number of quaternary nitrogens is 1. The summed E-state index contributed by atoms with van der Waals surface area (Å²) in [6.45, 7) is 11.0. The standard InChI is InChI=1S/C22H28NO3P/c1-4-23(5-2,6-3)15-16-27-26-22(24)21-17-11-7-9-13-19(17)25-20-14-10-8-12-18(20)21/h7-14,21H,4-6,15-16H2,1-3H3. The third-order valence-corrected chi connectivity index (χ3v) is 6.44. The number of para-hydroxylation sites is 2. The van der Waals surface area contributed by atoms with Crippen molar-refractivity contribution >= 4 is 14.8 Å². The quantitative estimate of drug-likeness (QED) is 0.356. The molecule has 0 saturated carbocycles. The van der Waals surface area contributed by atoms with Gasteiger partial charge in [-0.1, -0.05) is 42.6 Å². The fourth-order valence-electron chi connectivity index (χ4n) is 3.72. The van der Waals surface area contributed by atoms with Crippen molar-refractivity contribution in [3.8, 4) is 11.5 Å². The van der Waals surface area contributed by atoms with E-state index in [1.807, 2.05) is 48.5 Å². The molecule has 0 N–H and O–H groups in total. The number of ether oxygens (including phenoxy) is 1. The highest BCUT2D eigenvalue weighted by atomic mass is 31.1. The minimum atomic E-state index is -0.429. The molecule has 3 rings (SSSR count). The van der Waals surface area contributed by atoms with Crippen LogP contribution in [0.4, 0.5) is 0 Å². The molecule has 0 bridgehead atoms. The summed E-state index contributed by atoms with van der Waals surface area (Å²) in [6, 6.07) is 15.4. The zero-order valence-corrected chi connectivity index (χ0v) is 17.2. The number of carbonyl (C=O) groups is 1. The van der Waals surface area contributed by atoms with Crippen LogP contribution in [0.15, 0.2) is 48.5 Å². The highest BCUT2D eigenvalue weighted by Gasteiger charge is 2.32. The molecule has 0 unspecified atom stereocenters. The summed E-state index contributed by atoms with van der Waals surface area (Å²) in [4.78, 5) is 13.0. The number of benzene rings is 2. The molecule has 144 valence electrons. The Balaban J connectivity index is 1.70. The fraction of sp³-hybridized carbons (Fsp3) is 0.409. The van der Waals surface area contributed by atoms with E-state index in [2.05, 4.69) is 20.8 Å². The second-order valence-electron chi connectivity index (χ2n) is 6.89. The van der Waals surface area contributed by atoms with Gasteiger partial charge in [0.05, 0.1) is 26.2 Å². The van der Waals surface area contributed by atoms with Crippen LogP contribution in [0.2, 0.25) is 0 Å². The van der Waals surface area contributed by atoms with Crippen molar-refractivity contribution in [2.24, 2.45) is 0 Å². The number of rotatable bonds is 8. The van der Waals surface area contributed by atoms with Crippen molar-refractivity contribution in [2.75, 3.05) is 32.3 Å². The Labute approximate surface area is 163 Å². The molecule has 0 aliphatic carbocycles. The molecule has 0 atom stereocenters. The first-order chi connectivity index (χ1) is 13.1. The zero-order chi connectivity index (χ0) is 19.3.